The summed E-state index contributed by atoms with van der Waals surface area (Å²) in [5.74, 6) is 1.03. The number of hydrogen-bond acceptors (Lipinski definition) is 6. The minimum absolute atomic E-state index is 0.0213. The molecule has 0 radical (unpaired) electrons. The molecule has 0 spiro atoms. The van der Waals surface area contributed by atoms with Gasteiger partial charge >= 0.3 is 0 Å². The number of nitrogens with one attached hydrogen (secondary N) is 2. The maximum absolute atomic E-state index is 12.5. The van der Waals surface area contributed by atoms with Crippen molar-refractivity contribution in [2.45, 2.75) is 18.4 Å². The van der Waals surface area contributed by atoms with Crippen LogP contribution < -0.4 is 19.5 Å². The van der Waals surface area contributed by atoms with Gasteiger partial charge in [0.1, 0.15) is 5.76 Å². The van der Waals surface area contributed by atoms with Crippen molar-refractivity contribution in [1.82, 2.24) is 4.72 Å². The van der Waals surface area contributed by atoms with E-state index in [1.165, 1.54) is 25.5 Å². The molecule has 158 valence electrons. The minimum Gasteiger partial charge on any atom is -0.493 e. The molecule has 0 aliphatic rings. The van der Waals surface area contributed by atoms with Crippen molar-refractivity contribution in [3.63, 3.8) is 0 Å². The van der Waals surface area contributed by atoms with Crippen molar-refractivity contribution in [2.24, 2.45) is 0 Å². The van der Waals surface area contributed by atoms with Crippen molar-refractivity contribution in [1.29, 1.82) is 0 Å². The topological polar surface area (TPSA) is 107 Å². The third kappa shape index (κ3) is 5.62. The van der Waals surface area contributed by atoms with E-state index in [0.29, 0.717) is 22.9 Å². The summed E-state index contributed by atoms with van der Waals surface area (Å²) in [4.78, 5) is 12.3. The Labute approximate surface area is 174 Å². The second kappa shape index (κ2) is 9.47. The first-order chi connectivity index (χ1) is 14.4. The molecule has 0 saturated heterocycles. The standard InChI is InChI=1S/C21H22N2O6S/c1-15-8-9-19(20(11-15)27-2)29-14-21(24)23-16-5-3-7-18(12-16)30(25,26)22-13-17-6-4-10-28-17/h3-12,22H,13-14H2,1-2H3,(H,23,24). The van der Waals surface area contributed by atoms with Crippen molar-refractivity contribution < 1.29 is 27.1 Å². The lowest BCUT2D eigenvalue weighted by molar-refractivity contribution is -0.118. The summed E-state index contributed by atoms with van der Waals surface area (Å²) in [7, 11) is -2.25. The summed E-state index contributed by atoms with van der Waals surface area (Å²) in [6.45, 7) is 1.69. The Hall–Kier alpha value is -3.30. The number of methoxy groups -OCH3 is 1. The summed E-state index contributed by atoms with van der Waals surface area (Å²) in [6, 6.07) is 14.7. The molecule has 0 fully saturated rings. The molecule has 3 aromatic rings. The molecule has 0 unspecified atom stereocenters. The van der Waals surface area contributed by atoms with Crippen LogP contribution in [-0.4, -0.2) is 28.0 Å². The highest BCUT2D eigenvalue weighted by molar-refractivity contribution is 7.89. The molecule has 0 atom stereocenters. The minimum atomic E-state index is -3.77. The van der Waals surface area contributed by atoms with Gasteiger partial charge in [-0.05, 0) is 55.0 Å². The van der Waals surface area contributed by atoms with Gasteiger partial charge in [0.25, 0.3) is 5.91 Å². The zero-order valence-corrected chi connectivity index (χ0v) is 17.4. The molecule has 0 bridgehead atoms. The third-order valence-electron chi connectivity index (χ3n) is 4.12. The molecule has 1 aromatic heterocycles. The molecular weight excluding hydrogens is 408 g/mol. The van der Waals surface area contributed by atoms with Crippen molar-refractivity contribution in [2.75, 3.05) is 19.0 Å². The second-order valence-electron chi connectivity index (χ2n) is 6.42. The van der Waals surface area contributed by atoms with E-state index in [2.05, 4.69) is 10.0 Å². The summed E-state index contributed by atoms with van der Waals surface area (Å²) in [5.41, 5.74) is 1.34. The fourth-order valence-corrected chi connectivity index (χ4v) is 3.68. The third-order valence-corrected chi connectivity index (χ3v) is 5.52. The molecule has 0 aliphatic heterocycles. The van der Waals surface area contributed by atoms with Crippen LogP contribution in [0.1, 0.15) is 11.3 Å². The van der Waals surface area contributed by atoms with Crippen LogP contribution >= 0.6 is 0 Å². The highest BCUT2D eigenvalue weighted by Gasteiger charge is 2.16. The molecule has 0 saturated carbocycles. The fraction of sp³-hybridized carbons (Fsp3) is 0.190. The van der Waals surface area contributed by atoms with E-state index in [4.69, 9.17) is 13.9 Å². The molecule has 2 aromatic carbocycles. The van der Waals surface area contributed by atoms with Crippen LogP contribution in [0.4, 0.5) is 5.69 Å². The fourth-order valence-electron chi connectivity index (χ4n) is 2.64. The largest absolute Gasteiger partial charge is 0.493 e. The van der Waals surface area contributed by atoms with Gasteiger partial charge in [-0.3, -0.25) is 4.79 Å². The number of furan rings is 1. The van der Waals surface area contributed by atoms with E-state index < -0.39 is 15.9 Å². The van der Waals surface area contributed by atoms with Crippen LogP contribution in [0.5, 0.6) is 11.5 Å². The quantitative estimate of drug-likeness (QED) is 0.540. The van der Waals surface area contributed by atoms with Gasteiger partial charge in [0, 0.05) is 5.69 Å². The Morgan fingerprint density at radius 1 is 1.07 bits per heavy atom. The molecule has 3 rings (SSSR count). The molecule has 9 heteroatoms. The Balaban J connectivity index is 1.61. The van der Waals surface area contributed by atoms with Crippen molar-refractivity contribution in [3.05, 3.63) is 72.2 Å². The number of benzene rings is 2. The lowest BCUT2D eigenvalue weighted by Gasteiger charge is -2.12. The smallest absolute Gasteiger partial charge is 0.262 e. The van der Waals surface area contributed by atoms with Crippen LogP contribution in [0, 0.1) is 6.92 Å². The van der Waals surface area contributed by atoms with Crippen LogP contribution in [-0.2, 0) is 21.4 Å². The van der Waals surface area contributed by atoms with Gasteiger partial charge in [-0.15, -0.1) is 0 Å². The number of amides is 1. The number of anilines is 1. The first-order valence-electron chi connectivity index (χ1n) is 9.07. The number of ether oxygens (including phenoxy) is 2. The lowest BCUT2D eigenvalue weighted by Crippen LogP contribution is -2.24. The van der Waals surface area contributed by atoms with Crippen molar-refractivity contribution in [3.8, 4) is 11.5 Å². The van der Waals surface area contributed by atoms with E-state index in [-0.39, 0.29) is 18.0 Å². The summed E-state index contributed by atoms with van der Waals surface area (Å²) in [5, 5.41) is 2.63. The molecule has 1 amide bonds. The van der Waals surface area contributed by atoms with E-state index >= 15 is 0 Å². The van der Waals surface area contributed by atoms with Crippen LogP contribution in [0.2, 0.25) is 0 Å². The molecular formula is C21H22N2O6S. The number of rotatable bonds is 9. The number of carbonyl (C=O) groups is 1. The maximum Gasteiger partial charge on any atom is 0.262 e. The lowest BCUT2D eigenvalue weighted by atomic mass is 10.2. The number of sulfonamides is 1. The van der Waals surface area contributed by atoms with E-state index in [1.54, 1.807) is 36.4 Å². The van der Waals surface area contributed by atoms with E-state index in [9.17, 15) is 13.2 Å². The average molecular weight is 430 g/mol. The summed E-state index contributed by atoms with van der Waals surface area (Å²) < 4.78 is 43.3. The maximum atomic E-state index is 12.5. The highest BCUT2D eigenvalue weighted by atomic mass is 32.2. The Morgan fingerprint density at radius 3 is 2.63 bits per heavy atom. The first kappa shape index (κ1) is 21.4. The Morgan fingerprint density at radius 2 is 1.90 bits per heavy atom. The van der Waals surface area contributed by atoms with Crippen LogP contribution in [0.25, 0.3) is 0 Å². The monoisotopic (exact) mass is 430 g/mol. The molecule has 1 heterocycles. The van der Waals surface area contributed by atoms with Gasteiger partial charge in [-0.2, -0.15) is 0 Å². The molecule has 2 N–H and O–H groups in total. The normalized spacial score (nSPS) is 11.1. The first-order valence-corrected chi connectivity index (χ1v) is 10.5. The Bertz CT molecular complexity index is 1110. The van der Waals surface area contributed by atoms with E-state index in [1.807, 2.05) is 13.0 Å². The number of carbonyl (C=O) groups excluding carboxylic acids is 1. The van der Waals surface area contributed by atoms with Crippen LogP contribution in [0.3, 0.4) is 0 Å². The number of aryl methyl sites for hydroxylation is 1. The van der Waals surface area contributed by atoms with Gasteiger partial charge in [0.2, 0.25) is 10.0 Å². The zero-order valence-electron chi connectivity index (χ0n) is 16.5. The molecule has 8 nitrogen and oxygen atoms in total. The summed E-state index contributed by atoms with van der Waals surface area (Å²) in [6.07, 6.45) is 1.47. The van der Waals surface area contributed by atoms with Gasteiger partial charge in [0.15, 0.2) is 18.1 Å². The predicted molar refractivity (Wildman–Crippen MR) is 111 cm³/mol. The van der Waals surface area contributed by atoms with Crippen LogP contribution in [0.15, 0.2) is 70.2 Å². The molecule has 0 aliphatic carbocycles. The average Bonchev–Trinajstić information content (AvgIpc) is 3.25. The van der Waals surface area contributed by atoms with E-state index in [0.717, 1.165) is 5.56 Å². The summed E-state index contributed by atoms with van der Waals surface area (Å²) >= 11 is 0. The second-order valence-corrected chi connectivity index (χ2v) is 8.19. The van der Waals surface area contributed by atoms with Gasteiger partial charge in [-0.1, -0.05) is 12.1 Å². The Kier molecular flexibility index (Phi) is 6.76. The van der Waals surface area contributed by atoms with Gasteiger partial charge in [0.05, 0.1) is 24.8 Å². The number of hydrogen-bond donors (Lipinski definition) is 2. The SMILES string of the molecule is COc1cc(C)ccc1OCC(=O)Nc1cccc(S(=O)(=O)NCc2ccco2)c1. The zero-order chi connectivity index (χ0) is 21.6. The van der Waals surface area contributed by atoms with Gasteiger partial charge < -0.3 is 19.2 Å². The molecule has 30 heavy (non-hydrogen) atoms. The van der Waals surface area contributed by atoms with Crippen molar-refractivity contribution >= 4 is 21.6 Å². The van der Waals surface area contributed by atoms with Gasteiger partial charge in [-0.25, -0.2) is 13.1 Å². The predicted octanol–water partition coefficient (Wildman–Crippen LogP) is 3.09. The highest BCUT2D eigenvalue weighted by Crippen LogP contribution is 2.27.